The highest BCUT2D eigenvalue weighted by Crippen LogP contribution is 2.33. The van der Waals surface area contributed by atoms with Crippen LogP contribution >= 0.6 is 0 Å². The largest absolute Gasteiger partial charge is 0.342 e. The second-order valence-electron chi connectivity index (χ2n) is 8.21. The molecule has 138 valence electrons. The average Bonchev–Trinajstić information content (AvgIpc) is 3.53. The van der Waals surface area contributed by atoms with Crippen molar-refractivity contribution < 1.29 is 9.59 Å². The second kappa shape index (κ2) is 7.48. The van der Waals surface area contributed by atoms with E-state index < -0.39 is 0 Å². The topological polar surface area (TPSA) is 43.9 Å². The first-order chi connectivity index (χ1) is 12.2. The molecule has 0 spiro atoms. The van der Waals surface area contributed by atoms with Gasteiger partial charge in [0.15, 0.2) is 0 Å². The fourth-order valence-electron chi connectivity index (χ4n) is 4.68. The maximum atomic E-state index is 12.8. The van der Waals surface area contributed by atoms with E-state index in [0.717, 1.165) is 84.2 Å². The molecule has 2 saturated heterocycles. The van der Waals surface area contributed by atoms with E-state index in [1.165, 1.54) is 0 Å². The van der Waals surface area contributed by atoms with E-state index in [0.29, 0.717) is 23.8 Å². The molecule has 2 amide bonds. The lowest BCUT2D eigenvalue weighted by Gasteiger charge is -2.43. The molecule has 3 aliphatic heterocycles. The standard InChI is InChI=1S/C20H31N3O2/c24-19(16-6-7-16)22-13-8-18(9-14-22)23-12-4-5-17(15-23)20(25)21-10-2-1-3-11-21/h1-2,16-18H,3-15H2. The van der Waals surface area contributed by atoms with Gasteiger partial charge in [-0.05, 0) is 51.5 Å². The SMILES string of the molecule is O=C(C1CCCN(C2CCN(C(=O)C3CC3)CC2)C1)N1CC=CCC1. The lowest BCUT2D eigenvalue weighted by Crippen LogP contribution is -2.52. The smallest absolute Gasteiger partial charge is 0.227 e. The third-order valence-corrected chi connectivity index (χ3v) is 6.39. The van der Waals surface area contributed by atoms with Crippen molar-refractivity contribution in [2.24, 2.45) is 11.8 Å². The predicted molar refractivity (Wildman–Crippen MR) is 97.0 cm³/mol. The molecule has 1 atom stereocenters. The third kappa shape index (κ3) is 3.91. The van der Waals surface area contributed by atoms with Crippen molar-refractivity contribution in [1.29, 1.82) is 0 Å². The van der Waals surface area contributed by atoms with Crippen molar-refractivity contribution in [1.82, 2.24) is 14.7 Å². The van der Waals surface area contributed by atoms with Crippen LogP contribution in [0.3, 0.4) is 0 Å². The van der Waals surface area contributed by atoms with Crippen LogP contribution in [0, 0.1) is 11.8 Å². The number of nitrogens with zero attached hydrogens (tertiary/aromatic N) is 3. The first kappa shape index (κ1) is 17.1. The number of carbonyl (C=O) groups excluding carboxylic acids is 2. The zero-order valence-electron chi connectivity index (χ0n) is 15.2. The van der Waals surface area contributed by atoms with E-state index >= 15 is 0 Å². The van der Waals surface area contributed by atoms with E-state index in [1.807, 2.05) is 4.90 Å². The minimum Gasteiger partial charge on any atom is -0.342 e. The van der Waals surface area contributed by atoms with Gasteiger partial charge in [-0.1, -0.05) is 12.2 Å². The van der Waals surface area contributed by atoms with Crippen molar-refractivity contribution in [3.8, 4) is 0 Å². The van der Waals surface area contributed by atoms with E-state index in [-0.39, 0.29) is 5.92 Å². The summed E-state index contributed by atoms with van der Waals surface area (Å²) in [6, 6.07) is 0.556. The number of carbonyl (C=O) groups is 2. The number of hydrogen-bond donors (Lipinski definition) is 0. The molecule has 0 radical (unpaired) electrons. The molecule has 0 aromatic carbocycles. The Bertz CT molecular complexity index is 535. The Morgan fingerprint density at radius 2 is 1.52 bits per heavy atom. The monoisotopic (exact) mass is 345 g/mol. The van der Waals surface area contributed by atoms with Crippen LogP contribution < -0.4 is 0 Å². The summed E-state index contributed by atoms with van der Waals surface area (Å²) in [5.41, 5.74) is 0. The van der Waals surface area contributed by atoms with E-state index in [1.54, 1.807) is 0 Å². The molecule has 1 saturated carbocycles. The summed E-state index contributed by atoms with van der Waals surface area (Å²) in [7, 11) is 0. The highest BCUT2D eigenvalue weighted by atomic mass is 16.2. The first-order valence-electron chi connectivity index (χ1n) is 10.2. The molecule has 25 heavy (non-hydrogen) atoms. The van der Waals surface area contributed by atoms with Crippen LogP contribution in [0.1, 0.15) is 44.9 Å². The summed E-state index contributed by atoms with van der Waals surface area (Å²) >= 11 is 0. The molecule has 3 heterocycles. The third-order valence-electron chi connectivity index (χ3n) is 6.39. The lowest BCUT2D eigenvalue weighted by molar-refractivity contribution is -0.137. The van der Waals surface area contributed by atoms with Crippen molar-refractivity contribution in [2.75, 3.05) is 39.3 Å². The average molecular weight is 345 g/mol. The summed E-state index contributed by atoms with van der Waals surface area (Å²) in [5, 5.41) is 0. The van der Waals surface area contributed by atoms with Crippen molar-refractivity contribution >= 4 is 11.8 Å². The fourth-order valence-corrected chi connectivity index (χ4v) is 4.68. The molecule has 1 unspecified atom stereocenters. The van der Waals surface area contributed by atoms with Crippen LogP contribution in [0.2, 0.25) is 0 Å². The van der Waals surface area contributed by atoms with E-state index in [4.69, 9.17) is 0 Å². The normalized spacial score (nSPS) is 29.0. The molecule has 4 rings (SSSR count). The van der Waals surface area contributed by atoms with Gasteiger partial charge in [0.1, 0.15) is 0 Å². The Morgan fingerprint density at radius 3 is 2.20 bits per heavy atom. The maximum Gasteiger partial charge on any atom is 0.227 e. The van der Waals surface area contributed by atoms with Gasteiger partial charge in [0, 0.05) is 44.7 Å². The quantitative estimate of drug-likeness (QED) is 0.734. The van der Waals surface area contributed by atoms with Gasteiger partial charge in [-0.3, -0.25) is 14.5 Å². The summed E-state index contributed by atoms with van der Waals surface area (Å²) in [6.45, 7) is 5.52. The molecular formula is C20H31N3O2. The Morgan fingerprint density at radius 1 is 0.760 bits per heavy atom. The zero-order chi connectivity index (χ0) is 17.2. The number of amides is 2. The molecule has 0 bridgehead atoms. The molecule has 5 heteroatoms. The summed E-state index contributed by atoms with van der Waals surface area (Å²) < 4.78 is 0. The second-order valence-corrected chi connectivity index (χ2v) is 8.21. The van der Waals surface area contributed by atoms with Gasteiger partial charge in [-0.2, -0.15) is 0 Å². The fraction of sp³-hybridized carbons (Fsp3) is 0.800. The van der Waals surface area contributed by atoms with Crippen LogP contribution in [-0.4, -0.2) is 71.8 Å². The molecule has 4 aliphatic rings. The predicted octanol–water partition coefficient (Wildman–Crippen LogP) is 1.89. The van der Waals surface area contributed by atoms with Gasteiger partial charge in [0.05, 0.1) is 5.92 Å². The van der Waals surface area contributed by atoms with Crippen molar-refractivity contribution in [3.05, 3.63) is 12.2 Å². The van der Waals surface area contributed by atoms with Crippen LogP contribution in [0.5, 0.6) is 0 Å². The molecule has 0 aromatic heterocycles. The first-order valence-corrected chi connectivity index (χ1v) is 10.2. The molecule has 5 nitrogen and oxygen atoms in total. The Kier molecular flexibility index (Phi) is 5.11. The minimum absolute atomic E-state index is 0.173. The van der Waals surface area contributed by atoms with Crippen LogP contribution in [0.25, 0.3) is 0 Å². The summed E-state index contributed by atoms with van der Waals surface area (Å²) in [6.07, 6.45) is 11.8. The summed E-state index contributed by atoms with van der Waals surface area (Å²) in [4.78, 5) is 31.7. The summed E-state index contributed by atoms with van der Waals surface area (Å²) in [5.74, 6) is 1.26. The molecule has 0 aromatic rings. The maximum absolute atomic E-state index is 12.8. The Labute approximate surface area is 151 Å². The van der Waals surface area contributed by atoms with Crippen LogP contribution in [0.4, 0.5) is 0 Å². The molecular weight excluding hydrogens is 314 g/mol. The van der Waals surface area contributed by atoms with Gasteiger partial charge >= 0.3 is 0 Å². The van der Waals surface area contributed by atoms with E-state index in [2.05, 4.69) is 22.0 Å². The van der Waals surface area contributed by atoms with Crippen LogP contribution in [0.15, 0.2) is 12.2 Å². The number of likely N-dealkylation sites (tertiary alicyclic amines) is 2. The van der Waals surface area contributed by atoms with E-state index in [9.17, 15) is 9.59 Å². The Hall–Kier alpha value is -1.36. The number of hydrogen-bond acceptors (Lipinski definition) is 3. The minimum atomic E-state index is 0.173. The molecule has 1 aliphatic carbocycles. The van der Waals surface area contributed by atoms with Gasteiger partial charge < -0.3 is 9.80 Å². The number of piperidine rings is 2. The van der Waals surface area contributed by atoms with Gasteiger partial charge in [0.2, 0.25) is 11.8 Å². The lowest BCUT2D eigenvalue weighted by atomic mass is 9.92. The highest BCUT2D eigenvalue weighted by Gasteiger charge is 2.37. The van der Waals surface area contributed by atoms with Gasteiger partial charge in [-0.15, -0.1) is 0 Å². The zero-order valence-corrected chi connectivity index (χ0v) is 15.2. The molecule has 0 N–H and O–H groups in total. The van der Waals surface area contributed by atoms with Crippen molar-refractivity contribution in [3.63, 3.8) is 0 Å². The highest BCUT2D eigenvalue weighted by molar-refractivity contribution is 5.81. The molecule has 3 fully saturated rings. The van der Waals surface area contributed by atoms with Crippen molar-refractivity contribution in [2.45, 2.75) is 51.0 Å². The van der Waals surface area contributed by atoms with Gasteiger partial charge in [-0.25, -0.2) is 0 Å². The Balaban J connectivity index is 1.28. The number of rotatable bonds is 3. The van der Waals surface area contributed by atoms with Crippen LogP contribution in [-0.2, 0) is 9.59 Å². The van der Waals surface area contributed by atoms with Gasteiger partial charge in [0.25, 0.3) is 0 Å².